The van der Waals surface area contributed by atoms with Crippen LogP contribution in [0.2, 0.25) is 0 Å². The lowest BCUT2D eigenvalue weighted by Gasteiger charge is -2.44. The molecule has 4 N–H and O–H groups in total. The Balaban J connectivity index is 3.67. The second kappa shape index (κ2) is 14.2. The molecule has 0 radical (unpaired) electrons. The SMILES string of the molecule is C#Cc1ccc(C(C(=O)NCC(=O)OC)N(C(=O)C(CCC(N)=O)NC(=O)OC(C)(C)C)C(C)(C)CC)cc1. The minimum absolute atomic E-state index is 0.129. The summed E-state index contributed by atoms with van der Waals surface area (Å²) in [7, 11) is 1.19. The van der Waals surface area contributed by atoms with Gasteiger partial charge in [-0.05, 0) is 65.2 Å². The van der Waals surface area contributed by atoms with Gasteiger partial charge < -0.3 is 30.7 Å². The maximum Gasteiger partial charge on any atom is 0.408 e. The summed E-state index contributed by atoms with van der Waals surface area (Å²) in [5, 5.41) is 5.05. The molecule has 0 saturated heterocycles. The van der Waals surface area contributed by atoms with Crippen LogP contribution in [0.25, 0.3) is 0 Å². The predicted octanol–water partition coefficient (Wildman–Crippen LogP) is 2.17. The first-order valence-corrected chi connectivity index (χ1v) is 12.6. The van der Waals surface area contributed by atoms with Crippen molar-refractivity contribution in [2.45, 2.75) is 84.0 Å². The van der Waals surface area contributed by atoms with Gasteiger partial charge in [0.2, 0.25) is 17.7 Å². The maximum absolute atomic E-state index is 14.2. The van der Waals surface area contributed by atoms with E-state index in [0.717, 1.165) is 0 Å². The summed E-state index contributed by atoms with van der Waals surface area (Å²) in [6.07, 6.45) is 4.69. The number of methoxy groups -OCH3 is 1. The molecule has 11 nitrogen and oxygen atoms in total. The summed E-state index contributed by atoms with van der Waals surface area (Å²) in [5.41, 5.74) is 4.53. The number of ether oxygens (including phenoxy) is 2. The number of terminal acetylenes is 1. The predicted molar refractivity (Wildman–Crippen MR) is 145 cm³/mol. The summed E-state index contributed by atoms with van der Waals surface area (Å²) in [5.74, 6) is -0.148. The number of carbonyl (C=O) groups is 5. The zero-order valence-electron chi connectivity index (χ0n) is 23.8. The number of hydrogen-bond donors (Lipinski definition) is 3. The van der Waals surface area contributed by atoms with Crippen LogP contribution in [0, 0.1) is 12.3 Å². The fourth-order valence-electron chi connectivity index (χ4n) is 3.61. The maximum atomic E-state index is 14.2. The van der Waals surface area contributed by atoms with Crippen LogP contribution in [0.3, 0.4) is 0 Å². The van der Waals surface area contributed by atoms with E-state index in [1.165, 1.54) is 12.0 Å². The van der Waals surface area contributed by atoms with Gasteiger partial charge in [-0.25, -0.2) is 4.79 Å². The largest absolute Gasteiger partial charge is 0.468 e. The van der Waals surface area contributed by atoms with E-state index in [1.807, 2.05) is 6.92 Å². The van der Waals surface area contributed by atoms with Crippen molar-refractivity contribution in [1.29, 1.82) is 0 Å². The van der Waals surface area contributed by atoms with Gasteiger partial charge in [-0.1, -0.05) is 25.0 Å². The Kier molecular flexibility index (Phi) is 12.0. The lowest BCUT2D eigenvalue weighted by atomic mass is 9.91. The molecule has 2 unspecified atom stereocenters. The minimum Gasteiger partial charge on any atom is -0.468 e. The molecule has 1 aromatic rings. The average molecular weight is 545 g/mol. The third-order valence-electron chi connectivity index (χ3n) is 5.96. The van der Waals surface area contributed by atoms with Gasteiger partial charge in [0.25, 0.3) is 0 Å². The number of benzene rings is 1. The van der Waals surface area contributed by atoms with Crippen LogP contribution in [-0.2, 0) is 28.7 Å². The molecule has 0 heterocycles. The average Bonchev–Trinajstić information content (AvgIpc) is 2.86. The van der Waals surface area contributed by atoms with E-state index in [-0.39, 0.29) is 12.8 Å². The molecular formula is C28H40N4O7. The molecule has 0 aliphatic rings. The number of primary amides is 1. The first-order chi connectivity index (χ1) is 18.1. The van der Waals surface area contributed by atoms with E-state index < -0.39 is 59.6 Å². The van der Waals surface area contributed by atoms with Gasteiger partial charge in [-0.3, -0.25) is 19.2 Å². The lowest BCUT2D eigenvalue weighted by Crippen LogP contribution is -2.59. The lowest BCUT2D eigenvalue weighted by molar-refractivity contribution is -0.150. The van der Waals surface area contributed by atoms with Crippen LogP contribution >= 0.6 is 0 Å². The highest BCUT2D eigenvalue weighted by atomic mass is 16.6. The Bertz CT molecular complexity index is 1080. The number of nitrogens with one attached hydrogen (secondary N) is 2. The van der Waals surface area contributed by atoms with E-state index in [1.54, 1.807) is 58.9 Å². The van der Waals surface area contributed by atoms with E-state index in [0.29, 0.717) is 17.5 Å². The quantitative estimate of drug-likeness (QED) is 0.269. The molecular weight excluding hydrogens is 504 g/mol. The van der Waals surface area contributed by atoms with Crippen molar-refractivity contribution in [2.24, 2.45) is 5.73 Å². The van der Waals surface area contributed by atoms with Gasteiger partial charge in [0.1, 0.15) is 24.2 Å². The number of alkyl carbamates (subject to hydrolysis) is 1. The van der Waals surface area contributed by atoms with E-state index in [2.05, 4.69) is 21.3 Å². The molecule has 1 rings (SSSR count). The molecule has 0 aliphatic carbocycles. The molecule has 39 heavy (non-hydrogen) atoms. The van der Waals surface area contributed by atoms with Crippen molar-refractivity contribution in [3.63, 3.8) is 0 Å². The number of nitrogens with zero attached hydrogens (tertiary/aromatic N) is 1. The molecule has 0 aromatic heterocycles. The Hall–Kier alpha value is -4.07. The van der Waals surface area contributed by atoms with Crippen molar-refractivity contribution >= 4 is 29.8 Å². The summed E-state index contributed by atoms with van der Waals surface area (Å²) in [6, 6.07) is 3.99. The first-order valence-electron chi connectivity index (χ1n) is 12.6. The number of amides is 4. The Morgan fingerprint density at radius 1 is 1.08 bits per heavy atom. The van der Waals surface area contributed by atoms with Crippen molar-refractivity contribution in [2.75, 3.05) is 13.7 Å². The number of hydrogen-bond acceptors (Lipinski definition) is 7. The fraction of sp³-hybridized carbons (Fsp3) is 0.536. The van der Waals surface area contributed by atoms with E-state index in [9.17, 15) is 24.0 Å². The number of esters is 1. The highest BCUT2D eigenvalue weighted by Gasteiger charge is 2.43. The highest BCUT2D eigenvalue weighted by Crippen LogP contribution is 2.32. The second-order valence-electron chi connectivity index (χ2n) is 10.5. The van der Waals surface area contributed by atoms with E-state index in [4.69, 9.17) is 16.9 Å². The molecule has 0 saturated carbocycles. The van der Waals surface area contributed by atoms with Gasteiger partial charge in [0.15, 0.2) is 0 Å². The van der Waals surface area contributed by atoms with Crippen LogP contribution in [0.4, 0.5) is 4.79 Å². The van der Waals surface area contributed by atoms with Gasteiger partial charge in [-0.15, -0.1) is 6.42 Å². The summed E-state index contributed by atoms with van der Waals surface area (Å²) < 4.78 is 9.95. The highest BCUT2D eigenvalue weighted by molar-refractivity contribution is 5.94. The first kappa shape index (κ1) is 33.0. The van der Waals surface area contributed by atoms with Crippen molar-refractivity contribution < 1.29 is 33.4 Å². The van der Waals surface area contributed by atoms with E-state index >= 15 is 0 Å². The molecule has 11 heteroatoms. The molecule has 0 bridgehead atoms. The van der Waals surface area contributed by atoms with Gasteiger partial charge >= 0.3 is 12.1 Å². The molecule has 214 valence electrons. The monoisotopic (exact) mass is 544 g/mol. The standard InChI is InChI=1S/C28H40N4O7/c1-9-18-11-13-19(14-12-18)23(24(35)30-17-22(34)38-8)32(28(6,7)10-2)25(36)20(15-16-21(29)33)31-26(37)39-27(3,4)5/h1,11-14,20,23H,10,15-17H2,2-8H3,(H2,29,33)(H,30,35)(H,31,37). The topological polar surface area (TPSA) is 157 Å². The van der Waals surface area contributed by atoms with Crippen LogP contribution in [0.15, 0.2) is 24.3 Å². The van der Waals surface area contributed by atoms with Crippen molar-refractivity contribution in [1.82, 2.24) is 15.5 Å². The third kappa shape index (κ3) is 10.3. The number of rotatable bonds is 12. The zero-order valence-corrected chi connectivity index (χ0v) is 23.8. The van der Waals surface area contributed by atoms with Crippen LogP contribution < -0.4 is 16.4 Å². The fourth-order valence-corrected chi connectivity index (χ4v) is 3.61. The van der Waals surface area contributed by atoms with Gasteiger partial charge in [-0.2, -0.15) is 0 Å². The van der Waals surface area contributed by atoms with Gasteiger partial charge in [0.05, 0.1) is 7.11 Å². The van der Waals surface area contributed by atoms with Crippen LogP contribution in [-0.4, -0.2) is 65.5 Å². The minimum atomic E-state index is -1.25. The summed E-state index contributed by atoms with van der Waals surface area (Å²) in [6.45, 7) is 9.94. The Morgan fingerprint density at radius 3 is 2.13 bits per heavy atom. The van der Waals surface area contributed by atoms with Crippen LogP contribution in [0.1, 0.15) is 78.0 Å². The zero-order chi connectivity index (χ0) is 30.0. The van der Waals surface area contributed by atoms with Crippen molar-refractivity contribution in [3.8, 4) is 12.3 Å². The summed E-state index contributed by atoms with van der Waals surface area (Å²) >= 11 is 0. The molecule has 0 aliphatic heterocycles. The Morgan fingerprint density at radius 2 is 1.67 bits per heavy atom. The molecule has 0 fully saturated rings. The number of nitrogens with two attached hydrogens (primary N) is 1. The summed E-state index contributed by atoms with van der Waals surface area (Å²) in [4.78, 5) is 65.1. The second-order valence-corrected chi connectivity index (χ2v) is 10.5. The molecule has 1 aromatic carbocycles. The molecule has 0 spiro atoms. The molecule has 4 amide bonds. The molecule has 2 atom stereocenters. The smallest absolute Gasteiger partial charge is 0.408 e. The van der Waals surface area contributed by atoms with Crippen LogP contribution in [0.5, 0.6) is 0 Å². The van der Waals surface area contributed by atoms with Crippen molar-refractivity contribution in [3.05, 3.63) is 35.4 Å². The third-order valence-corrected chi connectivity index (χ3v) is 5.96. The number of carbonyl (C=O) groups excluding carboxylic acids is 5. The Labute approximate surface area is 230 Å². The normalized spacial score (nSPS) is 12.8. The van der Waals surface area contributed by atoms with Gasteiger partial charge in [0, 0.05) is 17.5 Å².